The predicted molar refractivity (Wildman–Crippen MR) is 121 cm³/mol. The van der Waals surface area contributed by atoms with Gasteiger partial charge in [0, 0.05) is 21.9 Å². The molecule has 0 spiro atoms. The lowest BCUT2D eigenvalue weighted by atomic mass is 9.81. The van der Waals surface area contributed by atoms with Gasteiger partial charge in [-0.25, -0.2) is 0 Å². The van der Waals surface area contributed by atoms with Crippen molar-refractivity contribution in [2.75, 3.05) is 18.5 Å². The smallest absolute Gasteiger partial charge is 0.308 e. The molecular formula is C20H18Br2Cl2N2O5. The second-order valence-corrected chi connectivity index (χ2v) is 10.8. The largest absolute Gasteiger partial charge is 0.456 e. The van der Waals surface area contributed by atoms with E-state index in [2.05, 4.69) is 37.2 Å². The van der Waals surface area contributed by atoms with Crippen molar-refractivity contribution in [2.45, 2.75) is 22.5 Å². The molecule has 11 heteroatoms. The third-order valence-electron chi connectivity index (χ3n) is 6.19. The number of alkyl halides is 2. The second-order valence-electron chi connectivity index (χ2n) is 7.92. The van der Waals surface area contributed by atoms with E-state index in [1.165, 1.54) is 17.0 Å². The van der Waals surface area contributed by atoms with Crippen LogP contribution in [0.1, 0.15) is 12.8 Å². The van der Waals surface area contributed by atoms with Gasteiger partial charge in [-0.2, -0.15) is 0 Å². The molecule has 3 aliphatic rings. The fourth-order valence-corrected chi connectivity index (χ4v) is 6.99. The van der Waals surface area contributed by atoms with Crippen LogP contribution in [-0.4, -0.2) is 51.4 Å². The summed E-state index contributed by atoms with van der Waals surface area (Å²) in [6.45, 7) is -0.538. The fourth-order valence-electron chi connectivity index (χ4n) is 4.82. The summed E-state index contributed by atoms with van der Waals surface area (Å²) >= 11 is 19.0. The number of anilines is 1. The Morgan fingerprint density at radius 2 is 1.68 bits per heavy atom. The number of imide groups is 1. The molecule has 7 nitrogen and oxygen atoms in total. The van der Waals surface area contributed by atoms with Crippen LogP contribution in [-0.2, 0) is 23.9 Å². The highest BCUT2D eigenvalue weighted by Crippen LogP contribution is 2.60. The number of amides is 3. The number of esters is 1. The van der Waals surface area contributed by atoms with Crippen LogP contribution in [0.4, 0.5) is 5.69 Å². The topological polar surface area (TPSA) is 92.8 Å². The Hall–Kier alpha value is -1.16. The van der Waals surface area contributed by atoms with Crippen molar-refractivity contribution in [3.63, 3.8) is 0 Å². The highest BCUT2D eigenvalue weighted by Gasteiger charge is 2.66. The van der Waals surface area contributed by atoms with Crippen molar-refractivity contribution in [3.8, 4) is 0 Å². The van der Waals surface area contributed by atoms with E-state index in [4.69, 9.17) is 27.9 Å². The summed E-state index contributed by atoms with van der Waals surface area (Å²) < 4.78 is 4.97. The van der Waals surface area contributed by atoms with Gasteiger partial charge in [0.1, 0.15) is 0 Å². The summed E-state index contributed by atoms with van der Waals surface area (Å²) in [6, 6.07) is 4.58. The number of benzene rings is 1. The van der Waals surface area contributed by atoms with Crippen molar-refractivity contribution in [2.24, 2.45) is 23.7 Å². The third kappa shape index (κ3) is 4.26. The molecule has 0 unspecified atom stereocenters. The molecule has 1 N–H and O–H groups in total. The first-order valence-corrected chi connectivity index (χ1v) is 12.3. The lowest BCUT2D eigenvalue weighted by Gasteiger charge is -2.28. The lowest BCUT2D eigenvalue weighted by molar-refractivity contribution is -0.149. The zero-order valence-corrected chi connectivity index (χ0v) is 20.7. The number of ether oxygens (including phenoxy) is 1. The van der Waals surface area contributed by atoms with Gasteiger partial charge in [0.05, 0.1) is 28.3 Å². The van der Waals surface area contributed by atoms with E-state index in [1.807, 2.05) is 0 Å². The van der Waals surface area contributed by atoms with Gasteiger partial charge >= 0.3 is 5.97 Å². The Bertz CT molecular complexity index is 929. The van der Waals surface area contributed by atoms with Crippen LogP contribution in [0.15, 0.2) is 18.2 Å². The number of hydrogen-bond donors (Lipinski definition) is 1. The van der Waals surface area contributed by atoms with Gasteiger partial charge in [-0.15, -0.1) is 0 Å². The minimum atomic E-state index is -0.665. The van der Waals surface area contributed by atoms with E-state index >= 15 is 0 Å². The maximum absolute atomic E-state index is 12.8. The molecule has 3 fully saturated rings. The van der Waals surface area contributed by atoms with Crippen molar-refractivity contribution >= 4 is 84.4 Å². The molecule has 2 saturated carbocycles. The first-order valence-electron chi connectivity index (χ1n) is 9.73. The molecule has 1 heterocycles. The van der Waals surface area contributed by atoms with E-state index in [0.717, 1.165) is 6.42 Å². The molecule has 4 rings (SSSR count). The summed E-state index contributed by atoms with van der Waals surface area (Å²) in [5, 5.41) is 3.18. The summed E-state index contributed by atoms with van der Waals surface area (Å²) in [6.07, 6.45) is 0.685. The van der Waals surface area contributed by atoms with Crippen LogP contribution in [0.5, 0.6) is 0 Å². The maximum atomic E-state index is 12.8. The molecular weight excluding hydrogens is 579 g/mol. The summed E-state index contributed by atoms with van der Waals surface area (Å²) in [4.78, 5) is 51.1. The molecule has 6 atom stereocenters. The summed E-state index contributed by atoms with van der Waals surface area (Å²) in [5.41, 5.74) is 0.417. The van der Waals surface area contributed by atoms with Gasteiger partial charge in [-0.1, -0.05) is 55.1 Å². The lowest BCUT2D eigenvalue weighted by Crippen LogP contribution is -2.37. The second kappa shape index (κ2) is 9.00. The van der Waals surface area contributed by atoms with Crippen molar-refractivity contribution in [3.05, 3.63) is 28.2 Å². The summed E-state index contributed by atoms with van der Waals surface area (Å²) in [7, 11) is 0. The first-order chi connectivity index (χ1) is 14.7. The number of likely N-dealkylation sites (tertiary alicyclic amines) is 1. The van der Waals surface area contributed by atoms with Crippen molar-refractivity contribution < 1.29 is 23.9 Å². The maximum Gasteiger partial charge on any atom is 0.308 e. The Labute approximate surface area is 205 Å². The van der Waals surface area contributed by atoms with Crippen LogP contribution >= 0.6 is 55.1 Å². The average molecular weight is 597 g/mol. The third-order valence-corrected chi connectivity index (χ3v) is 10.1. The number of carbonyl (C=O) groups excluding carboxylic acids is 4. The molecule has 0 aromatic heterocycles. The van der Waals surface area contributed by atoms with E-state index in [9.17, 15) is 19.2 Å². The standard InChI is InChI=1S/C20H18Br2Cl2N2O5/c21-17-9-6-10(18(17)22)16-15(9)19(29)26(20(16)30)4-3-14(28)31-7-13(27)25-8-1-2-11(23)12(24)5-8/h1-2,5,9-10,15-18H,3-4,6-7H2,(H,25,27)/t9-,10-,15-,16-,17-,18+/m1/s1. The molecule has 2 bridgehead atoms. The number of rotatable bonds is 6. The van der Waals surface area contributed by atoms with E-state index < -0.39 is 18.5 Å². The van der Waals surface area contributed by atoms with E-state index in [-0.39, 0.29) is 63.1 Å². The van der Waals surface area contributed by atoms with Gasteiger partial charge in [0.15, 0.2) is 6.61 Å². The number of fused-ring (bicyclic) bond motifs is 5. The predicted octanol–water partition coefficient (Wildman–Crippen LogP) is 3.64. The number of halogens is 4. The molecule has 1 saturated heterocycles. The van der Waals surface area contributed by atoms with Gasteiger partial charge in [-0.3, -0.25) is 24.1 Å². The zero-order chi connectivity index (χ0) is 22.4. The quantitative estimate of drug-likeness (QED) is 0.308. The Morgan fingerprint density at radius 3 is 2.26 bits per heavy atom. The number of nitrogens with zero attached hydrogens (tertiary/aromatic N) is 1. The molecule has 1 aromatic carbocycles. The normalized spacial score (nSPS) is 31.2. The van der Waals surface area contributed by atoms with Crippen LogP contribution in [0.25, 0.3) is 0 Å². The van der Waals surface area contributed by atoms with Gasteiger partial charge < -0.3 is 10.1 Å². The Kier molecular flexibility index (Phi) is 6.68. The van der Waals surface area contributed by atoms with Gasteiger partial charge in [0.25, 0.3) is 5.91 Å². The number of carbonyl (C=O) groups is 4. The highest BCUT2D eigenvalue weighted by molar-refractivity contribution is 9.12. The molecule has 166 valence electrons. The molecule has 1 aliphatic heterocycles. The molecule has 0 radical (unpaired) electrons. The van der Waals surface area contributed by atoms with E-state index in [1.54, 1.807) is 6.07 Å². The SMILES string of the molecule is O=C(COC(=O)CCN1C(=O)[C@@H]2[C@H]3C[C@@H]([C@@H](Br)[C@H]3Br)[C@H]2C1=O)Nc1ccc(Cl)c(Cl)c1. The van der Waals surface area contributed by atoms with Crippen LogP contribution in [0, 0.1) is 23.7 Å². The molecule has 31 heavy (non-hydrogen) atoms. The van der Waals surface area contributed by atoms with E-state index in [0.29, 0.717) is 10.7 Å². The Morgan fingerprint density at radius 1 is 1.06 bits per heavy atom. The average Bonchev–Trinajstić information content (AvgIpc) is 3.33. The number of nitrogens with one attached hydrogen (secondary N) is 1. The number of hydrogen-bond acceptors (Lipinski definition) is 5. The minimum Gasteiger partial charge on any atom is -0.456 e. The van der Waals surface area contributed by atoms with Crippen molar-refractivity contribution in [1.82, 2.24) is 4.90 Å². The highest BCUT2D eigenvalue weighted by atomic mass is 79.9. The van der Waals surface area contributed by atoms with Crippen molar-refractivity contribution in [1.29, 1.82) is 0 Å². The first kappa shape index (κ1) is 23.0. The fraction of sp³-hybridized carbons (Fsp3) is 0.500. The van der Waals surface area contributed by atoms with Crippen LogP contribution < -0.4 is 5.32 Å². The minimum absolute atomic E-state index is 0.0444. The summed E-state index contributed by atoms with van der Waals surface area (Å²) in [5.74, 6) is -2.02. The molecule has 3 amide bonds. The molecule has 2 aliphatic carbocycles. The van der Waals surface area contributed by atoms with Gasteiger partial charge in [-0.05, 0) is 36.5 Å². The van der Waals surface area contributed by atoms with Crippen LogP contribution in [0.3, 0.4) is 0 Å². The Balaban J connectivity index is 1.26. The zero-order valence-electron chi connectivity index (χ0n) is 16.0. The van der Waals surface area contributed by atoms with Crippen LogP contribution in [0.2, 0.25) is 10.0 Å². The molecule has 1 aromatic rings. The monoisotopic (exact) mass is 594 g/mol. The van der Waals surface area contributed by atoms with Gasteiger partial charge in [0.2, 0.25) is 11.8 Å².